The fourth-order valence-corrected chi connectivity index (χ4v) is 13.1. The molecule has 0 N–H and O–H groups in total. The Balaban J connectivity index is 1.02. The van der Waals surface area contributed by atoms with Crippen molar-refractivity contribution in [3.8, 4) is 33.4 Å². The summed E-state index contributed by atoms with van der Waals surface area (Å²) in [6.45, 7) is 0. The van der Waals surface area contributed by atoms with Gasteiger partial charge in [-0.1, -0.05) is 194 Å². The summed E-state index contributed by atoms with van der Waals surface area (Å²) in [5, 5.41) is 5.27. The van der Waals surface area contributed by atoms with Gasteiger partial charge in [0.25, 0.3) is 0 Å². The van der Waals surface area contributed by atoms with Crippen molar-refractivity contribution in [3.05, 3.63) is 259 Å². The molecule has 0 radical (unpaired) electrons. The number of hydrogen-bond donors (Lipinski definition) is 0. The summed E-state index contributed by atoms with van der Waals surface area (Å²) < 4.78 is 5.29. The van der Waals surface area contributed by atoms with Gasteiger partial charge in [-0.3, -0.25) is 0 Å². The Morgan fingerprint density at radius 3 is 1.28 bits per heavy atom. The number of rotatable bonds is 7. The molecule has 300 valence electrons. The molecule has 0 bridgehead atoms. The number of benzene rings is 10. The molecule has 0 saturated heterocycles. The van der Waals surface area contributed by atoms with Crippen LogP contribution in [-0.2, 0) is 5.41 Å². The van der Waals surface area contributed by atoms with Gasteiger partial charge >= 0.3 is 0 Å². The topological polar surface area (TPSA) is 3.24 Å². The third kappa shape index (κ3) is 5.55. The van der Waals surface area contributed by atoms with Crippen molar-refractivity contribution < 1.29 is 0 Å². The van der Waals surface area contributed by atoms with E-state index >= 15 is 0 Å². The lowest BCUT2D eigenvalue weighted by atomic mass is 9.68. The monoisotopic (exact) mass is 849 g/mol. The standard InChI is InChI=1S/C61H39NS2/c1-3-16-42(17-4-1)61(43-18-5-2-6-19-43)53-27-10-7-22-52(53)58-54(61)28-15-29-55(58)62(44-36-32-40(33-37-44)46-23-13-25-50-48-20-8-11-30-56(48)63-59(46)50)45-38-34-41(35-39-45)47-24-14-26-51-49-21-9-12-31-57(49)64-60(47)51/h1-39H. The maximum atomic E-state index is 2.48. The maximum absolute atomic E-state index is 2.48. The first kappa shape index (κ1) is 37.0. The van der Waals surface area contributed by atoms with Gasteiger partial charge in [-0.15, -0.1) is 22.7 Å². The van der Waals surface area contributed by atoms with E-state index in [1.54, 1.807) is 0 Å². The van der Waals surface area contributed by atoms with Crippen LogP contribution in [0.2, 0.25) is 0 Å². The van der Waals surface area contributed by atoms with Gasteiger partial charge in [-0.05, 0) is 92.5 Å². The maximum Gasteiger partial charge on any atom is 0.0714 e. The first-order valence-electron chi connectivity index (χ1n) is 21.9. The first-order valence-corrected chi connectivity index (χ1v) is 23.5. The SMILES string of the molecule is c1ccc(C2(c3ccccc3)c3ccccc3-c3c(N(c4ccc(-c5cccc6c5sc5ccccc56)cc4)c4ccc(-c5cccc6c5sc5ccccc56)cc4)cccc32)cc1. The summed E-state index contributed by atoms with van der Waals surface area (Å²) in [5.74, 6) is 0. The van der Waals surface area contributed by atoms with Crippen molar-refractivity contribution in [2.45, 2.75) is 5.41 Å². The molecule has 10 aromatic carbocycles. The van der Waals surface area contributed by atoms with E-state index in [9.17, 15) is 0 Å². The number of anilines is 3. The number of thiophene rings is 2. The van der Waals surface area contributed by atoms with Crippen molar-refractivity contribution in [1.29, 1.82) is 0 Å². The molecular formula is C61H39NS2. The fourth-order valence-electron chi connectivity index (χ4n) is 10.6. The molecule has 13 rings (SSSR count). The van der Waals surface area contributed by atoms with Crippen LogP contribution in [0, 0.1) is 0 Å². The highest BCUT2D eigenvalue weighted by Crippen LogP contribution is 2.59. The van der Waals surface area contributed by atoms with E-state index in [1.165, 1.54) is 96.0 Å². The second kappa shape index (κ2) is 14.8. The third-order valence-electron chi connectivity index (χ3n) is 13.4. The number of hydrogen-bond acceptors (Lipinski definition) is 3. The zero-order valence-electron chi connectivity index (χ0n) is 34.8. The molecule has 12 aromatic rings. The molecule has 64 heavy (non-hydrogen) atoms. The number of fused-ring (bicyclic) bond motifs is 9. The van der Waals surface area contributed by atoms with Crippen molar-refractivity contribution in [2.75, 3.05) is 4.90 Å². The quantitative estimate of drug-likeness (QED) is 0.154. The molecule has 0 atom stereocenters. The predicted molar refractivity (Wildman–Crippen MR) is 275 cm³/mol. The molecule has 0 unspecified atom stereocenters. The van der Waals surface area contributed by atoms with Crippen LogP contribution < -0.4 is 4.90 Å². The lowest BCUT2D eigenvalue weighted by molar-refractivity contribution is 0.768. The van der Waals surface area contributed by atoms with Gasteiger partial charge < -0.3 is 4.90 Å². The van der Waals surface area contributed by atoms with E-state index in [0.717, 1.165) is 17.1 Å². The van der Waals surface area contributed by atoms with Crippen molar-refractivity contribution in [2.24, 2.45) is 0 Å². The highest BCUT2D eigenvalue weighted by atomic mass is 32.1. The fraction of sp³-hybridized carbons (Fsp3) is 0.0164. The van der Waals surface area contributed by atoms with E-state index in [4.69, 9.17) is 0 Å². The normalized spacial score (nSPS) is 12.8. The summed E-state index contributed by atoms with van der Waals surface area (Å²) >= 11 is 3.76. The van der Waals surface area contributed by atoms with E-state index in [-0.39, 0.29) is 0 Å². The molecule has 1 aliphatic rings. The van der Waals surface area contributed by atoms with E-state index < -0.39 is 5.41 Å². The summed E-state index contributed by atoms with van der Waals surface area (Å²) in [5.41, 5.74) is 15.4. The van der Waals surface area contributed by atoms with Crippen LogP contribution >= 0.6 is 22.7 Å². The Labute approximate surface area is 380 Å². The molecule has 1 aliphatic carbocycles. The van der Waals surface area contributed by atoms with Crippen LogP contribution in [0.15, 0.2) is 237 Å². The summed E-state index contributed by atoms with van der Waals surface area (Å²) in [7, 11) is 0. The van der Waals surface area contributed by atoms with Gasteiger partial charge in [0.2, 0.25) is 0 Å². The molecule has 3 heteroatoms. The molecule has 0 fully saturated rings. The zero-order chi connectivity index (χ0) is 42.2. The third-order valence-corrected chi connectivity index (χ3v) is 15.8. The zero-order valence-corrected chi connectivity index (χ0v) is 36.4. The Morgan fingerprint density at radius 2 is 0.734 bits per heavy atom. The summed E-state index contributed by atoms with van der Waals surface area (Å²) in [4.78, 5) is 2.48. The van der Waals surface area contributed by atoms with Gasteiger partial charge in [-0.25, -0.2) is 0 Å². The molecule has 0 spiro atoms. The van der Waals surface area contributed by atoms with E-state index in [1.807, 2.05) is 22.7 Å². The van der Waals surface area contributed by atoms with Crippen LogP contribution in [-0.4, -0.2) is 0 Å². The van der Waals surface area contributed by atoms with E-state index in [0.29, 0.717) is 0 Å². The minimum absolute atomic E-state index is 0.504. The van der Waals surface area contributed by atoms with Crippen LogP contribution in [0.1, 0.15) is 22.3 Å². The summed E-state index contributed by atoms with van der Waals surface area (Å²) in [6, 6.07) is 87.7. The average Bonchev–Trinajstić information content (AvgIpc) is 4.04. The lowest BCUT2D eigenvalue weighted by Crippen LogP contribution is -2.28. The highest BCUT2D eigenvalue weighted by molar-refractivity contribution is 7.26. The summed E-state index contributed by atoms with van der Waals surface area (Å²) in [6.07, 6.45) is 0. The largest absolute Gasteiger partial charge is 0.310 e. The van der Waals surface area contributed by atoms with Crippen LogP contribution in [0.5, 0.6) is 0 Å². The Hall–Kier alpha value is -7.56. The lowest BCUT2D eigenvalue weighted by Gasteiger charge is -2.34. The first-order chi connectivity index (χ1) is 31.8. The average molecular weight is 850 g/mol. The molecule has 0 aliphatic heterocycles. The van der Waals surface area contributed by atoms with Crippen molar-refractivity contribution in [3.63, 3.8) is 0 Å². The molecule has 1 nitrogen and oxygen atoms in total. The molecule has 0 saturated carbocycles. The smallest absolute Gasteiger partial charge is 0.0714 e. The Morgan fingerprint density at radius 1 is 0.312 bits per heavy atom. The second-order valence-corrected chi connectivity index (χ2v) is 18.8. The van der Waals surface area contributed by atoms with Gasteiger partial charge in [0.15, 0.2) is 0 Å². The van der Waals surface area contributed by atoms with Crippen LogP contribution in [0.4, 0.5) is 17.1 Å². The van der Waals surface area contributed by atoms with Crippen molar-refractivity contribution >= 4 is 80.1 Å². The minimum Gasteiger partial charge on any atom is -0.310 e. The predicted octanol–water partition coefficient (Wildman–Crippen LogP) is 17.6. The second-order valence-electron chi connectivity index (χ2n) is 16.7. The number of nitrogens with zero attached hydrogens (tertiary/aromatic N) is 1. The van der Waals surface area contributed by atoms with Gasteiger partial charge in [0.1, 0.15) is 0 Å². The van der Waals surface area contributed by atoms with Gasteiger partial charge in [-0.2, -0.15) is 0 Å². The Kier molecular flexibility index (Phi) is 8.55. The highest BCUT2D eigenvalue weighted by Gasteiger charge is 2.47. The van der Waals surface area contributed by atoms with Gasteiger partial charge in [0.05, 0.1) is 11.1 Å². The molecule has 2 aromatic heterocycles. The molecule has 0 amide bonds. The van der Waals surface area contributed by atoms with Crippen LogP contribution in [0.3, 0.4) is 0 Å². The minimum atomic E-state index is -0.504. The Bertz CT molecular complexity index is 3520. The van der Waals surface area contributed by atoms with Crippen LogP contribution in [0.25, 0.3) is 73.7 Å². The molecular weight excluding hydrogens is 811 g/mol. The van der Waals surface area contributed by atoms with Crippen molar-refractivity contribution in [1.82, 2.24) is 0 Å². The van der Waals surface area contributed by atoms with Gasteiger partial charge in [0, 0.05) is 57.3 Å². The van der Waals surface area contributed by atoms with E-state index in [2.05, 4.69) is 241 Å². The molecule has 2 heterocycles.